The lowest BCUT2D eigenvalue weighted by Crippen LogP contribution is -2.54. The van der Waals surface area contributed by atoms with Crippen LogP contribution in [0.3, 0.4) is 0 Å². The summed E-state index contributed by atoms with van der Waals surface area (Å²) in [5, 5.41) is 5.41. The lowest BCUT2D eigenvalue weighted by molar-refractivity contribution is -0.146. The number of amides is 2. The number of rotatable bonds is 4. The van der Waals surface area contributed by atoms with Crippen LogP contribution in [0, 0.1) is 29.0 Å². The standard InChI is InChI=1S/C19H22ClFN2O2/c20-15-2-1-14(6-16(15)21)23-17(24)10-22-18(25)19-7-11-3-12(8-19)5-13(4-11)9-19/h1-2,6,11-13H,3-5,7-10H2,(H,22,25)(H,23,24). The molecule has 25 heavy (non-hydrogen) atoms. The van der Waals surface area contributed by atoms with Crippen LogP contribution >= 0.6 is 11.6 Å². The van der Waals surface area contributed by atoms with Crippen molar-refractivity contribution in [3.05, 3.63) is 29.0 Å². The van der Waals surface area contributed by atoms with Crippen molar-refractivity contribution in [2.45, 2.75) is 38.5 Å². The fourth-order valence-electron chi connectivity index (χ4n) is 5.52. The summed E-state index contributed by atoms with van der Waals surface area (Å²) in [6, 6.07) is 4.09. The van der Waals surface area contributed by atoms with Gasteiger partial charge in [0, 0.05) is 11.1 Å². The quantitative estimate of drug-likeness (QED) is 0.854. The first kappa shape index (κ1) is 16.8. The Morgan fingerprint density at radius 2 is 1.72 bits per heavy atom. The highest BCUT2D eigenvalue weighted by Gasteiger charge is 2.54. The van der Waals surface area contributed by atoms with E-state index in [0.29, 0.717) is 23.4 Å². The molecule has 4 bridgehead atoms. The maximum absolute atomic E-state index is 13.4. The van der Waals surface area contributed by atoms with Crippen LogP contribution in [-0.4, -0.2) is 18.4 Å². The van der Waals surface area contributed by atoms with Crippen LogP contribution in [-0.2, 0) is 9.59 Å². The lowest BCUT2D eigenvalue weighted by Gasteiger charge is -2.55. The molecule has 1 aromatic carbocycles. The first-order valence-corrected chi connectivity index (χ1v) is 9.34. The van der Waals surface area contributed by atoms with Gasteiger partial charge in [-0.3, -0.25) is 9.59 Å². The summed E-state index contributed by atoms with van der Waals surface area (Å²) in [4.78, 5) is 24.8. The zero-order chi connectivity index (χ0) is 17.6. The Morgan fingerprint density at radius 3 is 2.28 bits per heavy atom. The molecule has 0 radical (unpaired) electrons. The van der Waals surface area contributed by atoms with Gasteiger partial charge in [0.2, 0.25) is 11.8 Å². The molecule has 0 unspecified atom stereocenters. The third-order valence-electron chi connectivity index (χ3n) is 6.13. The van der Waals surface area contributed by atoms with Gasteiger partial charge in [-0.1, -0.05) is 11.6 Å². The molecule has 4 fully saturated rings. The highest BCUT2D eigenvalue weighted by Crippen LogP contribution is 2.60. The molecule has 6 heteroatoms. The van der Waals surface area contributed by atoms with E-state index in [1.54, 1.807) is 0 Å². The van der Waals surface area contributed by atoms with E-state index in [-0.39, 0.29) is 28.8 Å². The van der Waals surface area contributed by atoms with Crippen molar-refractivity contribution >= 4 is 29.1 Å². The van der Waals surface area contributed by atoms with Crippen LogP contribution in [0.2, 0.25) is 5.02 Å². The molecule has 4 aliphatic rings. The predicted molar refractivity (Wildman–Crippen MR) is 93.7 cm³/mol. The van der Waals surface area contributed by atoms with Crippen LogP contribution in [0.25, 0.3) is 0 Å². The van der Waals surface area contributed by atoms with E-state index >= 15 is 0 Å². The summed E-state index contributed by atoms with van der Waals surface area (Å²) >= 11 is 5.63. The molecule has 5 rings (SSSR count). The molecule has 0 heterocycles. The highest BCUT2D eigenvalue weighted by atomic mass is 35.5. The van der Waals surface area contributed by atoms with Gasteiger partial charge >= 0.3 is 0 Å². The van der Waals surface area contributed by atoms with E-state index in [2.05, 4.69) is 10.6 Å². The lowest BCUT2D eigenvalue weighted by atomic mass is 9.49. The number of halogens is 2. The van der Waals surface area contributed by atoms with Crippen molar-refractivity contribution in [1.29, 1.82) is 0 Å². The van der Waals surface area contributed by atoms with E-state index in [1.807, 2.05) is 0 Å². The smallest absolute Gasteiger partial charge is 0.243 e. The van der Waals surface area contributed by atoms with E-state index in [9.17, 15) is 14.0 Å². The number of carbonyl (C=O) groups excluding carboxylic acids is 2. The van der Waals surface area contributed by atoms with Gasteiger partial charge in [-0.05, 0) is 74.5 Å². The summed E-state index contributed by atoms with van der Waals surface area (Å²) in [7, 11) is 0. The Labute approximate surface area is 151 Å². The topological polar surface area (TPSA) is 58.2 Å². The van der Waals surface area contributed by atoms with E-state index < -0.39 is 5.82 Å². The average Bonchev–Trinajstić information content (AvgIpc) is 2.55. The zero-order valence-corrected chi connectivity index (χ0v) is 14.7. The highest BCUT2D eigenvalue weighted by molar-refractivity contribution is 6.30. The Morgan fingerprint density at radius 1 is 1.12 bits per heavy atom. The number of hydrogen-bond donors (Lipinski definition) is 2. The second-order valence-electron chi connectivity index (χ2n) is 8.06. The third-order valence-corrected chi connectivity index (χ3v) is 6.44. The Kier molecular flexibility index (Phi) is 4.22. The van der Waals surface area contributed by atoms with Crippen LogP contribution in [0.1, 0.15) is 38.5 Å². The minimum atomic E-state index is -0.586. The molecule has 4 saturated carbocycles. The van der Waals surface area contributed by atoms with E-state index in [1.165, 1.54) is 37.5 Å². The molecule has 0 atom stereocenters. The maximum Gasteiger partial charge on any atom is 0.243 e. The Bertz CT molecular complexity index is 686. The molecule has 2 N–H and O–H groups in total. The molecule has 2 amide bonds. The Hall–Kier alpha value is -1.62. The molecule has 0 aromatic heterocycles. The number of carbonyl (C=O) groups is 2. The van der Waals surface area contributed by atoms with Crippen LogP contribution < -0.4 is 10.6 Å². The SMILES string of the molecule is O=C(CNC(=O)C12CC3CC(CC(C3)C1)C2)Nc1ccc(Cl)c(F)c1. The molecule has 4 nitrogen and oxygen atoms in total. The van der Waals surface area contributed by atoms with Gasteiger partial charge in [-0.2, -0.15) is 0 Å². The van der Waals surface area contributed by atoms with Crippen molar-refractivity contribution in [3.8, 4) is 0 Å². The van der Waals surface area contributed by atoms with Crippen LogP contribution in [0.5, 0.6) is 0 Å². The van der Waals surface area contributed by atoms with Gasteiger partial charge in [0.1, 0.15) is 5.82 Å². The molecule has 1 aromatic rings. The van der Waals surface area contributed by atoms with Gasteiger partial charge in [0.25, 0.3) is 0 Å². The molecule has 134 valence electrons. The second-order valence-corrected chi connectivity index (χ2v) is 8.46. The van der Waals surface area contributed by atoms with Crippen molar-refractivity contribution in [1.82, 2.24) is 5.32 Å². The molecule has 0 aliphatic heterocycles. The van der Waals surface area contributed by atoms with Crippen LogP contribution in [0.4, 0.5) is 10.1 Å². The van der Waals surface area contributed by atoms with Gasteiger partial charge < -0.3 is 10.6 Å². The van der Waals surface area contributed by atoms with Crippen molar-refractivity contribution < 1.29 is 14.0 Å². The number of anilines is 1. The van der Waals surface area contributed by atoms with Gasteiger partial charge in [-0.25, -0.2) is 4.39 Å². The summed E-state index contributed by atoms with van der Waals surface area (Å²) < 4.78 is 13.4. The summed E-state index contributed by atoms with van der Waals surface area (Å²) in [6.45, 7) is -0.0924. The maximum atomic E-state index is 13.4. The Balaban J connectivity index is 1.34. The van der Waals surface area contributed by atoms with E-state index in [4.69, 9.17) is 11.6 Å². The largest absolute Gasteiger partial charge is 0.347 e. The van der Waals surface area contributed by atoms with Gasteiger partial charge in [0.15, 0.2) is 0 Å². The van der Waals surface area contributed by atoms with Gasteiger partial charge in [0.05, 0.1) is 11.6 Å². The van der Waals surface area contributed by atoms with Crippen molar-refractivity contribution in [3.63, 3.8) is 0 Å². The predicted octanol–water partition coefficient (Wildman–Crippen LogP) is 3.75. The molecule has 4 aliphatic carbocycles. The summed E-state index contributed by atoms with van der Waals surface area (Å²) in [6.07, 6.45) is 6.72. The van der Waals surface area contributed by atoms with Crippen LogP contribution in [0.15, 0.2) is 18.2 Å². The fraction of sp³-hybridized carbons (Fsp3) is 0.579. The number of nitrogens with one attached hydrogen (secondary N) is 2. The minimum Gasteiger partial charge on any atom is -0.347 e. The minimum absolute atomic E-state index is 0.00752. The average molecular weight is 365 g/mol. The number of benzene rings is 1. The van der Waals surface area contributed by atoms with E-state index in [0.717, 1.165) is 19.3 Å². The van der Waals surface area contributed by atoms with Gasteiger partial charge in [-0.15, -0.1) is 0 Å². The van der Waals surface area contributed by atoms with Crippen molar-refractivity contribution in [2.75, 3.05) is 11.9 Å². The number of hydrogen-bond acceptors (Lipinski definition) is 2. The third kappa shape index (κ3) is 3.26. The summed E-state index contributed by atoms with van der Waals surface area (Å²) in [5.74, 6) is 1.12. The van der Waals surface area contributed by atoms with Crippen molar-refractivity contribution in [2.24, 2.45) is 23.2 Å². The zero-order valence-electron chi connectivity index (χ0n) is 14.0. The normalized spacial score (nSPS) is 32.5. The monoisotopic (exact) mass is 364 g/mol. The summed E-state index contributed by atoms with van der Waals surface area (Å²) in [5.41, 5.74) is 0.0671. The fourth-order valence-corrected chi connectivity index (χ4v) is 5.63. The molecule has 0 spiro atoms. The molecular weight excluding hydrogens is 343 g/mol. The molecular formula is C19H22ClFN2O2. The first-order chi connectivity index (χ1) is 11.9. The second kappa shape index (κ2) is 6.27. The molecule has 0 saturated heterocycles. The first-order valence-electron chi connectivity index (χ1n) is 8.97.